The van der Waals surface area contributed by atoms with E-state index in [1.807, 2.05) is 54.6 Å². The summed E-state index contributed by atoms with van der Waals surface area (Å²) >= 11 is 0. The third-order valence-corrected chi connectivity index (χ3v) is 12.4. The minimum absolute atomic E-state index is 0.247. The molecule has 6 aromatic rings. The molecule has 4 heterocycles. The van der Waals surface area contributed by atoms with Gasteiger partial charge in [0, 0.05) is 46.4 Å². The zero-order chi connectivity index (χ0) is 45.0. The molecule has 2 aliphatic carbocycles. The predicted molar refractivity (Wildman–Crippen MR) is 249 cm³/mol. The van der Waals surface area contributed by atoms with Crippen molar-refractivity contribution in [1.29, 1.82) is 0 Å². The van der Waals surface area contributed by atoms with Crippen LogP contribution in [-0.2, 0) is 23.7 Å². The fraction of sp³-hybridized carbons (Fsp3) is 0.255. The van der Waals surface area contributed by atoms with Crippen LogP contribution in [0.4, 0.5) is 55.1 Å². The maximum absolute atomic E-state index is 13.6. The van der Waals surface area contributed by atoms with Crippen molar-refractivity contribution in [3.05, 3.63) is 177 Å². The minimum Gasteiger partial charge on any atom is -0.500 e. The molecule has 0 fully saturated rings. The normalized spacial score (nSPS) is 20.2. The van der Waals surface area contributed by atoms with Crippen LogP contribution in [0.25, 0.3) is 9.69 Å². The Labute approximate surface area is 376 Å². The summed E-state index contributed by atoms with van der Waals surface area (Å²) in [5.41, 5.74) is 7.87. The van der Waals surface area contributed by atoms with Gasteiger partial charge in [-0.2, -0.15) is 9.97 Å². The number of anilines is 6. The lowest BCUT2D eigenvalue weighted by Crippen LogP contribution is -2.22. The van der Waals surface area contributed by atoms with Crippen molar-refractivity contribution < 1.29 is 18.3 Å². The quantitative estimate of drug-likeness (QED) is 0.0987. The van der Waals surface area contributed by atoms with Gasteiger partial charge in [-0.15, -0.1) is 0 Å². The number of hydrogen-bond donors (Lipinski definition) is 4. The van der Waals surface area contributed by atoms with Gasteiger partial charge in [-0.05, 0) is 112 Å². The third kappa shape index (κ3) is 8.76. The molecule has 0 spiro atoms. The number of aromatic nitrogens is 4. The van der Waals surface area contributed by atoms with Crippen molar-refractivity contribution in [2.45, 2.75) is 56.8 Å². The lowest BCUT2D eigenvalue weighted by atomic mass is 9.80. The van der Waals surface area contributed by atoms with Gasteiger partial charge < -0.3 is 30.7 Å². The highest BCUT2D eigenvalue weighted by Gasteiger charge is 2.41. The largest absolute Gasteiger partial charge is 0.500 e. The highest BCUT2D eigenvalue weighted by atomic mass is 19.1. The molecule has 2 aromatic heterocycles. The number of nitrogens with one attached hydrogen (secondary N) is 4. The fourth-order valence-electron chi connectivity index (χ4n) is 8.84. The first kappa shape index (κ1) is 42.5. The first-order valence-corrected chi connectivity index (χ1v) is 21.6. The van der Waals surface area contributed by atoms with Gasteiger partial charge in [-0.3, -0.25) is 0 Å². The first-order valence-electron chi connectivity index (χ1n) is 21.6. The topological polar surface area (TPSA) is 127 Å². The van der Waals surface area contributed by atoms with E-state index in [4.69, 9.17) is 42.6 Å². The number of ether oxygens (including phenoxy) is 2. The molecule has 0 saturated carbocycles. The fourth-order valence-corrected chi connectivity index (χ4v) is 8.84. The highest BCUT2D eigenvalue weighted by molar-refractivity contribution is 5.70. The molecule has 2 atom stereocenters. The predicted octanol–water partition coefficient (Wildman–Crippen LogP) is 11.4. The van der Waals surface area contributed by atoms with Crippen molar-refractivity contribution in [1.82, 2.24) is 19.9 Å². The number of fused-ring (bicyclic) bond motifs is 12. The number of benzene rings is 4. The highest BCUT2D eigenvalue weighted by Crippen LogP contribution is 2.47. The Balaban J connectivity index is 0.000000164. The molecule has 65 heavy (non-hydrogen) atoms. The van der Waals surface area contributed by atoms with E-state index in [1.165, 1.54) is 24.3 Å². The molecule has 12 nitrogen and oxygen atoms in total. The second-order valence-electron chi connectivity index (χ2n) is 16.6. The summed E-state index contributed by atoms with van der Waals surface area (Å²) in [6, 6.07) is 24.1. The number of nitrogens with zero attached hydrogens (tertiary/aromatic N) is 6. The summed E-state index contributed by atoms with van der Waals surface area (Å²) in [7, 11) is 0. The van der Waals surface area contributed by atoms with Crippen molar-refractivity contribution in [2.75, 3.05) is 47.6 Å². The van der Waals surface area contributed by atoms with Gasteiger partial charge in [0.05, 0.1) is 24.5 Å². The summed E-state index contributed by atoms with van der Waals surface area (Å²) in [6.07, 6.45) is 12.2. The van der Waals surface area contributed by atoms with Crippen LogP contribution in [0.2, 0.25) is 0 Å². The Hall–Kier alpha value is -7.84. The monoisotopic (exact) mass is 868 g/mol. The van der Waals surface area contributed by atoms with Gasteiger partial charge in [-0.1, -0.05) is 54.6 Å². The van der Waals surface area contributed by atoms with Crippen LogP contribution in [0.5, 0.6) is 11.5 Å². The summed E-state index contributed by atoms with van der Waals surface area (Å²) in [5.74, 6) is 3.10. The van der Waals surface area contributed by atoms with Gasteiger partial charge in [0.2, 0.25) is 23.3 Å². The maximum atomic E-state index is 13.6. The molecule has 10 rings (SSSR count). The molecule has 326 valence electrons. The van der Waals surface area contributed by atoms with E-state index in [0.29, 0.717) is 54.5 Å². The van der Waals surface area contributed by atoms with Gasteiger partial charge in [0.15, 0.2) is 0 Å². The molecule has 0 radical (unpaired) electrons. The van der Waals surface area contributed by atoms with Crippen molar-refractivity contribution in [3.63, 3.8) is 0 Å². The molecular formula is C51H46F2N10O2. The third-order valence-electron chi connectivity index (χ3n) is 12.4. The van der Waals surface area contributed by atoms with Gasteiger partial charge in [-0.25, -0.2) is 28.4 Å². The molecule has 2 unspecified atom stereocenters. The van der Waals surface area contributed by atoms with Gasteiger partial charge in [0.25, 0.3) is 0 Å². The summed E-state index contributed by atoms with van der Waals surface area (Å²) in [4.78, 5) is 26.5. The van der Waals surface area contributed by atoms with Crippen molar-refractivity contribution in [3.8, 4) is 11.5 Å². The number of rotatable bonds is 2. The van der Waals surface area contributed by atoms with Crippen LogP contribution in [0, 0.1) is 24.8 Å². The van der Waals surface area contributed by atoms with Gasteiger partial charge >= 0.3 is 0 Å². The van der Waals surface area contributed by atoms with Crippen LogP contribution < -0.4 is 30.7 Å². The molecule has 0 saturated heterocycles. The van der Waals surface area contributed by atoms with E-state index in [0.717, 1.165) is 95.3 Å². The summed E-state index contributed by atoms with van der Waals surface area (Å²) in [5, 5.41) is 13.5. The Morgan fingerprint density at radius 3 is 1.55 bits per heavy atom. The SMILES string of the molecule is [C-]#[N+]c1ccc2cc1OC/C=C/CCNc1nc(nc3c1CCC3(C)c1ccc(F)cc1)N2.[C-]#[N+]c1ccc2cc1OC/C=C\CNc1nc(nc3c1CCC3(C)c1ccc(F)cc1)N2. The maximum Gasteiger partial charge on any atom is 0.229 e. The van der Waals surface area contributed by atoms with Crippen molar-refractivity contribution in [2.24, 2.45) is 0 Å². The van der Waals surface area contributed by atoms with Crippen LogP contribution in [-0.4, -0.2) is 46.2 Å². The average molecular weight is 869 g/mol. The minimum atomic E-state index is -0.342. The van der Waals surface area contributed by atoms with Crippen molar-refractivity contribution >= 4 is 46.3 Å². The zero-order valence-electron chi connectivity index (χ0n) is 36.0. The van der Waals surface area contributed by atoms with Crippen LogP contribution >= 0.6 is 0 Å². The summed E-state index contributed by atoms with van der Waals surface area (Å²) in [6.45, 7) is 21.2. The van der Waals surface area contributed by atoms with E-state index in [9.17, 15) is 8.78 Å². The standard InChI is InChI=1S/C26H24FN5O.C25H22FN5O/c1-26(17-6-8-18(27)9-7-17)13-12-20-23(26)31-25-30-19-10-11-21(28-2)22(16-19)33-15-5-3-4-14-29-24(20)32-25;1-25(16-5-7-17(26)8-6-16)12-11-19-22(25)30-24-29-18-9-10-20(27-2)21(15-18)32-14-4-3-13-28-23(19)31-24/h3,5-11,16H,4,12-15H2,1H3,(H2,29,30,31,32);3-10,15H,11-14H2,1H3,(H2,28,29,30,31)/b5-3+;4-3-. The van der Waals surface area contributed by atoms with Crippen LogP contribution in [0.15, 0.2) is 109 Å². The van der Waals surface area contributed by atoms with Gasteiger partial charge in [0.1, 0.15) is 48.0 Å². The lowest BCUT2D eigenvalue weighted by molar-refractivity contribution is 0.365. The molecule has 4 aromatic carbocycles. The molecule has 4 N–H and O–H groups in total. The second-order valence-corrected chi connectivity index (χ2v) is 16.6. The Bertz CT molecular complexity index is 2910. The zero-order valence-corrected chi connectivity index (χ0v) is 36.0. The molecular weight excluding hydrogens is 823 g/mol. The second kappa shape index (κ2) is 18.1. The Kier molecular flexibility index (Phi) is 11.8. The lowest BCUT2D eigenvalue weighted by Gasteiger charge is -2.26. The average Bonchev–Trinajstić information content (AvgIpc) is 3.84. The number of hydrogen-bond acceptors (Lipinski definition) is 10. The van der Waals surface area contributed by atoms with Crippen LogP contribution in [0.1, 0.15) is 66.8 Å². The van der Waals surface area contributed by atoms with E-state index >= 15 is 0 Å². The molecule has 8 bridgehead atoms. The Morgan fingerprint density at radius 1 is 0.585 bits per heavy atom. The molecule has 0 amide bonds. The Morgan fingerprint density at radius 2 is 1.06 bits per heavy atom. The van der Waals surface area contributed by atoms with Crippen LogP contribution in [0.3, 0.4) is 0 Å². The van der Waals surface area contributed by atoms with E-state index in [-0.39, 0.29) is 22.5 Å². The van der Waals surface area contributed by atoms with E-state index in [2.05, 4.69) is 50.9 Å². The number of halogens is 2. The van der Waals surface area contributed by atoms with E-state index < -0.39 is 0 Å². The molecule has 4 aliphatic rings. The molecule has 2 aliphatic heterocycles. The first-order chi connectivity index (χ1) is 31.6. The summed E-state index contributed by atoms with van der Waals surface area (Å²) < 4.78 is 38.7. The smallest absolute Gasteiger partial charge is 0.229 e. The van der Waals surface area contributed by atoms with E-state index in [1.54, 1.807) is 24.3 Å². The molecule has 14 heteroatoms.